The molecule has 0 radical (unpaired) electrons. The zero-order valence-corrected chi connectivity index (χ0v) is 15.2. The van der Waals surface area contributed by atoms with E-state index in [-0.39, 0.29) is 12.4 Å². The van der Waals surface area contributed by atoms with Crippen LogP contribution in [0.3, 0.4) is 0 Å². The SMILES string of the molecule is Cc1ccc(Oc2ccc(NC(=O)NCC(O)c3ccc(F)cc3)cn2)cc1. The van der Waals surface area contributed by atoms with Crippen LogP contribution >= 0.6 is 0 Å². The van der Waals surface area contributed by atoms with Crippen LogP contribution in [-0.4, -0.2) is 22.7 Å². The Morgan fingerprint density at radius 3 is 2.46 bits per heavy atom. The highest BCUT2D eigenvalue weighted by Crippen LogP contribution is 2.20. The summed E-state index contributed by atoms with van der Waals surface area (Å²) in [7, 11) is 0. The highest BCUT2D eigenvalue weighted by Gasteiger charge is 2.10. The molecule has 1 heterocycles. The number of urea groups is 1. The molecule has 0 aliphatic rings. The van der Waals surface area contributed by atoms with E-state index in [1.165, 1.54) is 30.5 Å². The minimum Gasteiger partial charge on any atom is -0.439 e. The van der Waals surface area contributed by atoms with Gasteiger partial charge in [0, 0.05) is 12.6 Å². The number of hydrogen-bond acceptors (Lipinski definition) is 4. The van der Waals surface area contributed by atoms with Gasteiger partial charge < -0.3 is 20.5 Å². The number of carbonyl (C=O) groups is 1. The van der Waals surface area contributed by atoms with Crippen LogP contribution in [0.25, 0.3) is 0 Å². The largest absolute Gasteiger partial charge is 0.439 e. The second-order valence-corrected chi connectivity index (χ2v) is 6.20. The van der Waals surface area contributed by atoms with E-state index >= 15 is 0 Å². The fourth-order valence-corrected chi connectivity index (χ4v) is 2.41. The van der Waals surface area contributed by atoms with Crippen LogP contribution in [0, 0.1) is 12.7 Å². The van der Waals surface area contributed by atoms with Crippen molar-refractivity contribution in [2.45, 2.75) is 13.0 Å². The molecule has 3 aromatic rings. The van der Waals surface area contributed by atoms with E-state index in [0.717, 1.165) is 5.56 Å². The number of aliphatic hydroxyl groups is 1. The lowest BCUT2D eigenvalue weighted by Gasteiger charge is -2.13. The van der Waals surface area contributed by atoms with Crippen LogP contribution < -0.4 is 15.4 Å². The van der Waals surface area contributed by atoms with Gasteiger partial charge in [0.1, 0.15) is 11.6 Å². The molecule has 0 fully saturated rings. The number of ether oxygens (including phenoxy) is 1. The molecule has 1 aromatic heterocycles. The third kappa shape index (κ3) is 5.52. The van der Waals surface area contributed by atoms with Gasteiger partial charge >= 0.3 is 6.03 Å². The Kier molecular flexibility index (Phi) is 6.18. The molecular weight excluding hydrogens is 361 g/mol. The predicted molar refractivity (Wildman–Crippen MR) is 104 cm³/mol. The second-order valence-electron chi connectivity index (χ2n) is 6.20. The maximum Gasteiger partial charge on any atom is 0.319 e. The van der Waals surface area contributed by atoms with Gasteiger partial charge in [-0.2, -0.15) is 0 Å². The van der Waals surface area contributed by atoms with E-state index in [0.29, 0.717) is 22.9 Å². The average molecular weight is 381 g/mol. The third-order valence-electron chi connectivity index (χ3n) is 3.95. The number of rotatable bonds is 6. The maximum absolute atomic E-state index is 12.9. The first-order chi connectivity index (χ1) is 13.5. The van der Waals surface area contributed by atoms with Crippen LogP contribution in [0.5, 0.6) is 11.6 Å². The van der Waals surface area contributed by atoms with Crippen molar-refractivity contribution < 1.29 is 19.0 Å². The smallest absolute Gasteiger partial charge is 0.319 e. The van der Waals surface area contributed by atoms with Gasteiger partial charge in [-0.1, -0.05) is 29.8 Å². The zero-order chi connectivity index (χ0) is 19.9. The van der Waals surface area contributed by atoms with Crippen molar-refractivity contribution >= 4 is 11.7 Å². The van der Waals surface area contributed by atoms with Crippen LogP contribution in [-0.2, 0) is 0 Å². The molecule has 2 aromatic carbocycles. The lowest BCUT2D eigenvalue weighted by molar-refractivity contribution is 0.175. The van der Waals surface area contributed by atoms with Crippen molar-refractivity contribution in [1.29, 1.82) is 0 Å². The topological polar surface area (TPSA) is 83.5 Å². The van der Waals surface area contributed by atoms with Gasteiger partial charge in [0.15, 0.2) is 0 Å². The van der Waals surface area contributed by atoms with Crippen molar-refractivity contribution in [2.24, 2.45) is 0 Å². The summed E-state index contributed by atoms with van der Waals surface area (Å²) in [6.07, 6.45) is 0.536. The number of halogens is 1. The quantitative estimate of drug-likeness (QED) is 0.598. The molecule has 3 rings (SSSR count). The summed E-state index contributed by atoms with van der Waals surface area (Å²) in [6, 6.07) is 15.8. The summed E-state index contributed by atoms with van der Waals surface area (Å²) >= 11 is 0. The van der Waals surface area contributed by atoms with Gasteiger partial charge in [0.2, 0.25) is 5.88 Å². The number of anilines is 1. The average Bonchev–Trinajstić information content (AvgIpc) is 2.70. The summed E-state index contributed by atoms with van der Waals surface area (Å²) in [5.41, 5.74) is 2.13. The molecule has 2 amide bonds. The van der Waals surface area contributed by atoms with Gasteiger partial charge in [-0.3, -0.25) is 0 Å². The summed E-state index contributed by atoms with van der Waals surface area (Å²) in [6.45, 7) is 1.98. The summed E-state index contributed by atoms with van der Waals surface area (Å²) in [4.78, 5) is 16.1. The summed E-state index contributed by atoms with van der Waals surface area (Å²) < 4.78 is 18.5. The number of amides is 2. The highest BCUT2D eigenvalue weighted by atomic mass is 19.1. The van der Waals surface area contributed by atoms with E-state index in [4.69, 9.17) is 4.74 Å². The molecule has 144 valence electrons. The second kappa shape index (κ2) is 8.96. The molecule has 6 nitrogen and oxygen atoms in total. The minimum atomic E-state index is -0.935. The number of nitrogens with zero attached hydrogens (tertiary/aromatic N) is 1. The number of pyridine rings is 1. The maximum atomic E-state index is 12.9. The zero-order valence-electron chi connectivity index (χ0n) is 15.2. The number of carbonyl (C=O) groups excluding carboxylic acids is 1. The Morgan fingerprint density at radius 1 is 1.11 bits per heavy atom. The first-order valence-corrected chi connectivity index (χ1v) is 8.68. The third-order valence-corrected chi connectivity index (χ3v) is 3.95. The van der Waals surface area contributed by atoms with E-state index in [1.54, 1.807) is 12.1 Å². The van der Waals surface area contributed by atoms with Gasteiger partial charge in [-0.25, -0.2) is 14.2 Å². The fraction of sp³-hybridized carbons (Fsp3) is 0.143. The molecular formula is C21H20FN3O3. The lowest BCUT2D eigenvalue weighted by Crippen LogP contribution is -2.32. The standard InChI is InChI=1S/C21H20FN3O3/c1-14-2-9-18(10-3-14)28-20-11-8-17(12-23-20)25-21(27)24-13-19(26)15-4-6-16(22)7-5-15/h2-12,19,26H,13H2,1H3,(H2,24,25,27). The Bertz CT molecular complexity index is 913. The molecule has 28 heavy (non-hydrogen) atoms. The molecule has 1 atom stereocenters. The van der Waals surface area contributed by atoms with Crippen molar-refractivity contribution in [3.05, 3.63) is 83.8 Å². The monoisotopic (exact) mass is 381 g/mol. The van der Waals surface area contributed by atoms with Gasteiger partial charge in [0.25, 0.3) is 0 Å². The van der Waals surface area contributed by atoms with E-state index < -0.39 is 12.1 Å². The van der Waals surface area contributed by atoms with Crippen LogP contribution in [0.1, 0.15) is 17.2 Å². The van der Waals surface area contributed by atoms with Crippen molar-refractivity contribution in [2.75, 3.05) is 11.9 Å². The van der Waals surface area contributed by atoms with Crippen molar-refractivity contribution in [1.82, 2.24) is 10.3 Å². The number of aromatic nitrogens is 1. The highest BCUT2D eigenvalue weighted by molar-refractivity contribution is 5.89. The van der Waals surface area contributed by atoms with Gasteiger partial charge in [0.05, 0.1) is 18.0 Å². The molecule has 0 saturated heterocycles. The van der Waals surface area contributed by atoms with Crippen molar-refractivity contribution in [3.63, 3.8) is 0 Å². The van der Waals surface area contributed by atoms with E-state index in [1.807, 2.05) is 31.2 Å². The normalized spacial score (nSPS) is 11.5. The molecule has 7 heteroatoms. The predicted octanol–water partition coefficient (Wildman–Crippen LogP) is 4.18. The number of nitrogens with one attached hydrogen (secondary N) is 2. The first kappa shape index (κ1) is 19.3. The molecule has 0 spiro atoms. The van der Waals surface area contributed by atoms with Crippen LogP contribution in [0.4, 0.5) is 14.9 Å². The molecule has 0 saturated carbocycles. The molecule has 0 bridgehead atoms. The van der Waals surface area contributed by atoms with Gasteiger partial charge in [-0.15, -0.1) is 0 Å². The van der Waals surface area contributed by atoms with Crippen LogP contribution in [0.2, 0.25) is 0 Å². The Balaban J connectivity index is 1.48. The van der Waals surface area contributed by atoms with Crippen LogP contribution in [0.15, 0.2) is 66.9 Å². The molecule has 0 aliphatic heterocycles. The Morgan fingerprint density at radius 2 is 1.82 bits per heavy atom. The summed E-state index contributed by atoms with van der Waals surface area (Å²) in [5, 5.41) is 15.2. The van der Waals surface area contributed by atoms with E-state index in [2.05, 4.69) is 15.6 Å². The Hall–Kier alpha value is -3.45. The number of hydrogen-bond donors (Lipinski definition) is 3. The van der Waals surface area contributed by atoms with Gasteiger partial charge in [-0.05, 0) is 42.8 Å². The number of aryl methyl sites for hydroxylation is 1. The summed E-state index contributed by atoms with van der Waals surface area (Å²) in [5.74, 6) is 0.692. The molecule has 1 unspecified atom stereocenters. The number of benzene rings is 2. The number of aliphatic hydroxyl groups excluding tert-OH is 1. The first-order valence-electron chi connectivity index (χ1n) is 8.68. The molecule has 3 N–H and O–H groups in total. The lowest BCUT2D eigenvalue weighted by atomic mass is 10.1. The minimum absolute atomic E-state index is 0.0144. The fourth-order valence-electron chi connectivity index (χ4n) is 2.41. The van der Waals surface area contributed by atoms with Crippen molar-refractivity contribution in [3.8, 4) is 11.6 Å². The van der Waals surface area contributed by atoms with E-state index in [9.17, 15) is 14.3 Å². The molecule has 0 aliphatic carbocycles. The Labute approximate surface area is 162 Å².